The highest BCUT2D eigenvalue weighted by Crippen LogP contribution is 2.23. The molecule has 2 heterocycles. The number of nitrogens with zero attached hydrogens (tertiary/aromatic N) is 2. The zero-order valence-corrected chi connectivity index (χ0v) is 11.3. The molecule has 0 spiro atoms. The van der Waals surface area contributed by atoms with Crippen LogP contribution in [0.5, 0.6) is 0 Å². The number of hydrogen-bond donors (Lipinski definition) is 1. The van der Waals surface area contributed by atoms with Crippen molar-refractivity contribution in [3.8, 4) is 0 Å². The molecule has 2 saturated heterocycles. The van der Waals surface area contributed by atoms with E-state index in [0.717, 1.165) is 32.7 Å². The lowest BCUT2D eigenvalue weighted by atomic mass is 10.1. The number of aliphatic carboxylic acids is 1. The number of carboxylic acid groups (broad SMARTS) is 1. The van der Waals surface area contributed by atoms with Gasteiger partial charge < -0.3 is 9.84 Å². The van der Waals surface area contributed by atoms with E-state index in [4.69, 9.17) is 9.84 Å². The van der Waals surface area contributed by atoms with Gasteiger partial charge in [-0.2, -0.15) is 0 Å². The molecule has 0 amide bonds. The quantitative estimate of drug-likeness (QED) is 0.800. The first-order valence-electron chi connectivity index (χ1n) is 6.87. The Morgan fingerprint density at radius 3 is 2.83 bits per heavy atom. The number of carbonyl (C=O) groups is 1. The summed E-state index contributed by atoms with van der Waals surface area (Å²) in [6.45, 7) is 8.79. The van der Waals surface area contributed by atoms with Crippen molar-refractivity contribution in [3.05, 3.63) is 0 Å². The summed E-state index contributed by atoms with van der Waals surface area (Å²) < 4.78 is 5.43. The van der Waals surface area contributed by atoms with E-state index >= 15 is 0 Å². The van der Waals surface area contributed by atoms with E-state index < -0.39 is 5.97 Å². The van der Waals surface area contributed by atoms with E-state index in [2.05, 4.69) is 23.6 Å². The highest BCUT2D eigenvalue weighted by molar-refractivity contribution is 5.67. The Labute approximate surface area is 109 Å². The highest BCUT2D eigenvalue weighted by atomic mass is 16.5. The van der Waals surface area contributed by atoms with Crippen LogP contribution in [-0.4, -0.2) is 71.8 Å². The maximum Gasteiger partial charge on any atom is 0.305 e. The van der Waals surface area contributed by atoms with Gasteiger partial charge in [0.25, 0.3) is 0 Å². The summed E-state index contributed by atoms with van der Waals surface area (Å²) in [4.78, 5) is 15.7. The predicted octanol–water partition coefficient (Wildman–Crippen LogP) is 0.645. The van der Waals surface area contributed by atoms with Crippen molar-refractivity contribution >= 4 is 5.97 Å². The maximum absolute atomic E-state index is 10.9. The van der Waals surface area contributed by atoms with Gasteiger partial charge in [-0.25, -0.2) is 0 Å². The molecule has 0 aliphatic carbocycles. The van der Waals surface area contributed by atoms with Crippen LogP contribution in [0, 0.1) is 0 Å². The topological polar surface area (TPSA) is 53.0 Å². The maximum atomic E-state index is 10.9. The third kappa shape index (κ3) is 3.22. The summed E-state index contributed by atoms with van der Waals surface area (Å²) in [7, 11) is 0. The van der Waals surface area contributed by atoms with Gasteiger partial charge in [-0.05, 0) is 20.3 Å². The lowest BCUT2D eigenvalue weighted by Gasteiger charge is -2.39. The summed E-state index contributed by atoms with van der Waals surface area (Å²) in [5.41, 5.74) is 0. The zero-order valence-electron chi connectivity index (χ0n) is 11.3. The van der Waals surface area contributed by atoms with Crippen molar-refractivity contribution in [2.24, 2.45) is 0 Å². The summed E-state index contributed by atoms with van der Waals surface area (Å²) in [5.74, 6) is -0.728. The Morgan fingerprint density at radius 1 is 1.44 bits per heavy atom. The van der Waals surface area contributed by atoms with Crippen LogP contribution in [-0.2, 0) is 9.53 Å². The van der Waals surface area contributed by atoms with E-state index in [-0.39, 0.29) is 12.5 Å². The molecule has 2 atom stereocenters. The van der Waals surface area contributed by atoms with Gasteiger partial charge in [0.15, 0.2) is 0 Å². The molecule has 2 aliphatic rings. The third-order valence-electron chi connectivity index (χ3n) is 4.08. The minimum atomic E-state index is -0.728. The van der Waals surface area contributed by atoms with E-state index in [1.165, 1.54) is 0 Å². The normalized spacial score (nSPS) is 31.1. The molecule has 5 heteroatoms. The van der Waals surface area contributed by atoms with Crippen molar-refractivity contribution in [3.63, 3.8) is 0 Å². The summed E-state index contributed by atoms with van der Waals surface area (Å²) in [6.07, 6.45) is 1.34. The molecule has 0 aromatic heterocycles. The van der Waals surface area contributed by atoms with Gasteiger partial charge in [-0.15, -0.1) is 0 Å². The SMILES string of the molecule is CC(C)N1CCC(N2CCOCC2CC(=O)O)C1. The first-order chi connectivity index (χ1) is 8.58. The minimum absolute atomic E-state index is 0.0494. The van der Waals surface area contributed by atoms with Crippen LogP contribution in [0.2, 0.25) is 0 Å². The molecule has 0 aromatic rings. The van der Waals surface area contributed by atoms with Crippen molar-refractivity contribution in [2.45, 2.75) is 44.8 Å². The third-order valence-corrected chi connectivity index (χ3v) is 4.08. The van der Waals surface area contributed by atoms with Crippen molar-refractivity contribution in [1.29, 1.82) is 0 Å². The van der Waals surface area contributed by atoms with Gasteiger partial charge in [-0.3, -0.25) is 14.6 Å². The summed E-state index contributed by atoms with van der Waals surface area (Å²) in [6, 6.07) is 1.13. The Morgan fingerprint density at radius 2 is 2.22 bits per heavy atom. The van der Waals surface area contributed by atoms with Gasteiger partial charge in [0.05, 0.1) is 19.6 Å². The number of rotatable bonds is 4. The van der Waals surface area contributed by atoms with Crippen LogP contribution in [0.25, 0.3) is 0 Å². The Bertz CT molecular complexity index is 296. The number of carboxylic acids is 1. The Kier molecular flexibility index (Phi) is 4.59. The van der Waals surface area contributed by atoms with Crippen LogP contribution in [0.4, 0.5) is 0 Å². The lowest BCUT2D eigenvalue weighted by Crippen LogP contribution is -2.52. The standard InChI is InChI=1S/C13H24N2O3/c1-10(2)14-4-3-11(8-14)15-5-6-18-9-12(15)7-13(16)17/h10-12H,3-9H2,1-2H3,(H,16,17). The fraction of sp³-hybridized carbons (Fsp3) is 0.923. The smallest absolute Gasteiger partial charge is 0.305 e. The molecule has 2 aliphatic heterocycles. The van der Waals surface area contributed by atoms with Gasteiger partial charge >= 0.3 is 5.97 Å². The first-order valence-corrected chi connectivity index (χ1v) is 6.87. The van der Waals surface area contributed by atoms with Gasteiger partial charge in [0, 0.05) is 37.8 Å². The summed E-state index contributed by atoms with van der Waals surface area (Å²) in [5, 5.41) is 8.97. The molecular weight excluding hydrogens is 232 g/mol. The Hall–Kier alpha value is -0.650. The summed E-state index contributed by atoms with van der Waals surface area (Å²) >= 11 is 0. The second-order valence-corrected chi connectivity index (χ2v) is 5.60. The largest absolute Gasteiger partial charge is 0.481 e. The van der Waals surface area contributed by atoms with Crippen molar-refractivity contribution in [2.75, 3.05) is 32.8 Å². The molecule has 2 rings (SSSR count). The van der Waals surface area contributed by atoms with Crippen LogP contribution in [0.3, 0.4) is 0 Å². The van der Waals surface area contributed by atoms with Gasteiger partial charge in [-0.1, -0.05) is 0 Å². The highest BCUT2D eigenvalue weighted by Gasteiger charge is 2.35. The average Bonchev–Trinajstić information content (AvgIpc) is 2.78. The molecule has 2 fully saturated rings. The molecular formula is C13H24N2O3. The fourth-order valence-corrected chi connectivity index (χ4v) is 3.03. The van der Waals surface area contributed by atoms with Crippen molar-refractivity contribution < 1.29 is 14.6 Å². The molecule has 2 unspecified atom stereocenters. The molecule has 0 saturated carbocycles. The molecule has 0 bridgehead atoms. The minimum Gasteiger partial charge on any atom is -0.481 e. The zero-order chi connectivity index (χ0) is 13.1. The molecule has 104 valence electrons. The number of morpholine rings is 1. The van der Waals surface area contributed by atoms with Gasteiger partial charge in [0.1, 0.15) is 0 Å². The Balaban J connectivity index is 1.95. The van der Waals surface area contributed by atoms with Crippen LogP contribution in [0.15, 0.2) is 0 Å². The molecule has 0 aromatic carbocycles. The van der Waals surface area contributed by atoms with Gasteiger partial charge in [0.2, 0.25) is 0 Å². The van der Waals surface area contributed by atoms with Crippen molar-refractivity contribution in [1.82, 2.24) is 9.80 Å². The molecule has 18 heavy (non-hydrogen) atoms. The van der Waals surface area contributed by atoms with Crippen LogP contribution >= 0.6 is 0 Å². The number of likely N-dealkylation sites (tertiary alicyclic amines) is 1. The molecule has 0 radical (unpaired) electrons. The second-order valence-electron chi connectivity index (χ2n) is 5.60. The first kappa shape index (κ1) is 13.8. The molecule has 1 N–H and O–H groups in total. The van der Waals surface area contributed by atoms with E-state index in [1.807, 2.05) is 0 Å². The van der Waals surface area contributed by atoms with E-state index in [1.54, 1.807) is 0 Å². The number of ether oxygens (including phenoxy) is 1. The molecule has 5 nitrogen and oxygen atoms in total. The monoisotopic (exact) mass is 256 g/mol. The predicted molar refractivity (Wildman–Crippen MR) is 68.7 cm³/mol. The number of hydrogen-bond acceptors (Lipinski definition) is 4. The van der Waals surface area contributed by atoms with E-state index in [9.17, 15) is 4.79 Å². The van der Waals surface area contributed by atoms with Crippen LogP contribution < -0.4 is 0 Å². The van der Waals surface area contributed by atoms with E-state index in [0.29, 0.717) is 18.7 Å². The average molecular weight is 256 g/mol. The lowest BCUT2D eigenvalue weighted by molar-refractivity contribution is -0.140. The fourth-order valence-electron chi connectivity index (χ4n) is 3.03. The van der Waals surface area contributed by atoms with Crippen LogP contribution in [0.1, 0.15) is 26.7 Å². The second kappa shape index (κ2) is 5.99.